The standard InChI is InChI=1S/C17H18N4O2/c1-17(2,3)23-15(22)12-6-4-5-11(9-12)13-7-8-14-19-16(18)20-21(14)10-13/h4-10H,1-3H3,(H2,18,20). The van der Waals surface area contributed by atoms with Crippen molar-refractivity contribution in [1.29, 1.82) is 0 Å². The fourth-order valence-corrected chi connectivity index (χ4v) is 2.23. The number of esters is 1. The molecular formula is C17H18N4O2. The first-order chi connectivity index (χ1) is 10.8. The zero-order chi connectivity index (χ0) is 16.6. The third kappa shape index (κ3) is 3.31. The van der Waals surface area contributed by atoms with Gasteiger partial charge in [0.2, 0.25) is 5.95 Å². The Kier molecular flexibility index (Phi) is 3.52. The van der Waals surface area contributed by atoms with Crippen LogP contribution >= 0.6 is 0 Å². The number of nitrogens with zero attached hydrogens (tertiary/aromatic N) is 3. The van der Waals surface area contributed by atoms with Crippen LogP contribution in [0.1, 0.15) is 31.1 Å². The highest BCUT2D eigenvalue weighted by Crippen LogP contribution is 2.22. The van der Waals surface area contributed by atoms with Crippen molar-refractivity contribution < 1.29 is 9.53 Å². The van der Waals surface area contributed by atoms with Gasteiger partial charge in [0, 0.05) is 11.8 Å². The first kappa shape index (κ1) is 15.0. The predicted molar refractivity (Wildman–Crippen MR) is 88.0 cm³/mol. The summed E-state index contributed by atoms with van der Waals surface area (Å²) in [4.78, 5) is 16.3. The summed E-state index contributed by atoms with van der Waals surface area (Å²) < 4.78 is 7.02. The van der Waals surface area contributed by atoms with Crippen molar-refractivity contribution in [2.45, 2.75) is 26.4 Å². The van der Waals surface area contributed by atoms with Crippen LogP contribution in [0, 0.1) is 0 Å². The minimum atomic E-state index is -0.524. The number of fused-ring (bicyclic) bond motifs is 1. The molecule has 0 aliphatic rings. The van der Waals surface area contributed by atoms with Crippen molar-refractivity contribution in [2.24, 2.45) is 0 Å². The summed E-state index contributed by atoms with van der Waals surface area (Å²) in [6.45, 7) is 5.54. The lowest BCUT2D eigenvalue weighted by Gasteiger charge is -2.19. The summed E-state index contributed by atoms with van der Waals surface area (Å²) in [7, 11) is 0. The van der Waals surface area contributed by atoms with Crippen LogP contribution < -0.4 is 5.73 Å². The van der Waals surface area contributed by atoms with Gasteiger partial charge < -0.3 is 10.5 Å². The smallest absolute Gasteiger partial charge is 0.338 e. The summed E-state index contributed by atoms with van der Waals surface area (Å²) in [5.41, 5.74) is 8.06. The topological polar surface area (TPSA) is 82.5 Å². The maximum absolute atomic E-state index is 12.2. The van der Waals surface area contributed by atoms with E-state index >= 15 is 0 Å². The molecule has 118 valence electrons. The summed E-state index contributed by atoms with van der Waals surface area (Å²) in [5.74, 6) is -0.116. The number of anilines is 1. The molecule has 3 rings (SSSR count). The van der Waals surface area contributed by atoms with E-state index in [9.17, 15) is 4.79 Å². The van der Waals surface area contributed by atoms with Gasteiger partial charge in [0.25, 0.3) is 0 Å². The number of pyridine rings is 1. The molecule has 0 aliphatic carbocycles. The van der Waals surface area contributed by atoms with E-state index in [4.69, 9.17) is 10.5 Å². The van der Waals surface area contributed by atoms with Crippen molar-refractivity contribution in [3.05, 3.63) is 48.2 Å². The highest BCUT2D eigenvalue weighted by Gasteiger charge is 2.18. The lowest BCUT2D eigenvalue weighted by Crippen LogP contribution is -2.23. The molecule has 0 aliphatic heterocycles. The van der Waals surface area contributed by atoms with Crippen molar-refractivity contribution in [2.75, 3.05) is 5.73 Å². The van der Waals surface area contributed by atoms with Gasteiger partial charge in [0.05, 0.1) is 5.56 Å². The van der Waals surface area contributed by atoms with E-state index in [1.165, 1.54) is 0 Å². The van der Waals surface area contributed by atoms with Gasteiger partial charge in [0.1, 0.15) is 5.60 Å². The van der Waals surface area contributed by atoms with Gasteiger partial charge >= 0.3 is 5.97 Å². The molecule has 6 nitrogen and oxygen atoms in total. The van der Waals surface area contributed by atoms with Crippen LogP contribution in [0.2, 0.25) is 0 Å². The van der Waals surface area contributed by atoms with Crippen LogP contribution in [-0.4, -0.2) is 26.2 Å². The van der Waals surface area contributed by atoms with E-state index < -0.39 is 5.60 Å². The molecular weight excluding hydrogens is 292 g/mol. The average molecular weight is 310 g/mol. The van der Waals surface area contributed by atoms with Gasteiger partial charge in [0.15, 0.2) is 5.65 Å². The molecule has 23 heavy (non-hydrogen) atoms. The normalized spacial score (nSPS) is 11.6. The van der Waals surface area contributed by atoms with E-state index in [2.05, 4.69) is 10.1 Å². The molecule has 3 aromatic rings. The molecule has 0 unspecified atom stereocenters. The number of carbonyl (C=O) groups excluding carboxylic acids is 1. The second-order valence-electron chi connectivity index (χ2n) is 6.27. The van der Waals surface area contributed by atoms with Crippen LogP contribution in [-0.2, 0) is 4.74 Å². The highest BCUT2D eigenvalue weighted by molar-refractivity contribution is 5.91. The van der Waals surface area contributed by atoms with Gasteiger partial charge in [-0.05, 0) is 50.6 Å². The van der Waals surface area contributed by atoms with E-state index in [-0.39, 0.29) is 11.9 Å². The molecule has 0 fully saturated rings. The van der Waals surface area contributed by atoms with Crippen LogP contribution in [0.5, 0.6) is 0 Å². The third-order valence-corrected chi connectivity index (χ3v) is 3.18. The Morgan fingerprint density at radius 2 is 1.96 bits per heavy atom. The number of hydrogen-bond donors (Lipinski definition) is 1. The zero-order valence-corrected chi connectivity index (χ0v) is 13.3. The molecule has 0 spiro atoms. The molecule has 0 saturated heterocycles. The minimum Gasteiger partial charge on any atom is -0.456 e. The Morgan fingerprint density at radius 1 is 1.17 bits per heavy atom. The molecule has 0 bridgehead atoms. The number of nitrogens with two attached hydrogens (primary N) is 1. The first-order valence-electron chi connectivity index (χ1n) is 7.27. The van der Waals surface area contributed by atoms with Gasteiger partial charge in [-0.15, -0.1) is 5.10 Å². The van der Waals surface area contributed by atoms with Crippen molar-refractivity contribution in [3.8, 4) is 11.1 Å². The minimum absolute atomic E-state index is 0.227. The third-order valence-electron chi connectivity index (χ3n) is 3.18. The molecule has 0 radical (unpaired) electrons. The van der Waals surface area contributed by atoms with E-state index in [0.29, 0.717) is 11.2 Å². The van der Waals surface area contributed by atoms with E-state index in [1.54, 1.807) is 16.6 Å². The van der Waals surface area contributed by atoms with E-state index in [1.807, 2.05) is 51.2 Å². The molecule has 0 saturated carbocycles. The van der Waals surface area contributed by atoms with Gasteiger partial charge in [-0.1, -0.05) is 12.1 Å². The largest absolute Gasteiger partial charge is 0.456 e. The Bertz CT molecular complexity index is 878. The molecule has 6 heteroatoms. The molecule has 2 aromatic heterocycles. The predicted octanol–water partition coefficient (Wildman–Crippen LogP) is 2.93. The fraction of sp³-hybridized carbons (Fsp3) is 0.235. The van der Waals surface area contributed by atoms with Crippen LogP contribution in [0.4, 0.5) is 5.95 Å². The van der Waals surface area contributed by atoms with Crippen LogP contribution in [0.3, 0.4) is 0 Å². The SMILES string of the molecule is CC(C)(C)OC(=O)c1cccc(-c2ccc3nc(N)nn3c2)c1. The van der Waals surface area contributed by atoms with Gasteiger partial charge in [-0.2, -0.15) is 4.98 Å². The number of nitrogen functional groups attached to an aromatic ring is 1. The number of carbonyl (C=O) groups is 1. The highest BCUT2D eigenvalue weighted by atomic mass is 16.6. The fourth-order valence-electron chi connectivity index (χ4n) is 2.23. The monoisotopic (exact) mass is 310 g/mol. The Morgan fingerprint density at radius 3 is 2.70 bits per heavy atom. The molecule has 0 atom stereocenters. The summed E-state index contributed by atoms with van der Waals surface area (Å²) in [5, 5.41) is 4.10. The Hall–Kier alpha value is -2.89. The van der Waals surface area contributed by atoms with Crippen molar-refractivity contribution in [1.82, 2.24) is 14.6 Å². The quantitative estimate of drug-likeness (QED) is 0.736. The number of aromatic nitrogens is 3. The van der Waals surface area contributed by atoms with Crippen molar-refractivity contribution >= 4 is 17.6 Å². The Balaban J connectivity index is 1.96. The number of ether oxygens (including phenoxy) is 1. The Labute approximate surface area is 133 Å². The van der Waals surface area contributed by atoms with Crippen LogP contribution in [0.15, 0.2) is 42.6 Å². The van der Waals surface area contributed by atoms with Crippen LogP contribution in [0.25, 0.3) is 16.8 Å². The molecule has 1 aromatic carbocycles. The summed E-state index contributed by atoms with van der Waals surface area (Å²) >= 11 is 0. The number of rotatable bonds is 2. The lowest BCUT2D eigenvalue weighted by molar-refractivity contribution is 0.00696. The molecule has 2 N–H and O–H groups in total. The first-order valence-corrected chi connectivity index (χ1v) is 7.27. The second kappa shape index (κ2) is 5.39. The summed E-state index contributed by atoms with van der Waals surface area (Å²) in [6, 6.07) is 11.0. The second-order valence-corrected chi connectivity index (χ2v) is 6.27. The van der Waals surface area contributed by atoms with Crippen molar-refractivity contribution in [3.63, 3.8) is 0 Å². The number of hydrogen-bond acceptors (Lipinski definition) is 5. The van der Waals surface area contributed by atoms with E-state index in [0.717, 1.165) is 11.1 Å². The zero-order valence-electron chi connectivity index (χ0n) is 13.3. The lowest BCUT2D eigenvalue weighted by atomic mass is 10.0. The maximum Gasteiger partial charge on any atom is 0.338 e. The van der Waals surface area contributed by atoms with Gasteiger partial charge in [-0.3, -0.25) is 0 Å². The number of benzene rings is 1. The maximum atomic E-state index is 12.2. The average Bonchev–Trinajstić information content (AvgIpc) is 2.84. The molecule has 0 amide bonds. The van der Waals surface area contributed by atoms with Gasteiger partial charge in [-0.25, -0.2) is 9.31 Å². The summed E-state index contributed by atoms with van der Waals surface area (Å²) in [6.07, 6.45) is 1.83. The molecule has 2 heterocycles.